The number of rotatable bonds is 5. The van der Waals surface area contributed by atoms with Gasteiger partial charge in [0.1, 0.15) is 11.6 Å². The van der Waals surface area contributed by atoms with Gasteiger partial charge in [-0.15, -0.1) is 0 Å². The molecule has 1 fully saturated rings. The standard InChI is InChI=1S/C20H25N3O3/c1-4-26-20(25)16-5-7-18(8-6-16)22-19(24)17(10-21)13-23-11-14(2)9-15(3)12-23/h5-8,13-15H,4,9,11-12H2,1-3H3,(H,22,24)/b17-13-. The van der Waals surface area contributed by atoms with E-state index in [1.165, 1.54) is 0 Å². The van der Waals surface area contributed by atoms with E-state index in [-0.39, 0.29) is 5.57 Å². The number of likely N-dealkylation sites (tertiary alicyclic amines) is 1. The van der Waals surface area contributed by atoms with E-state index in [2.05, 4.69) is 19.2 Å². The Morgan fingerprint density at radius 3 is 2.42 bits per heavy atom. The van der Waals surface area contributed by atoms with Gasteiger partial charge in [-0.2, -0.15) is 5.26 Å². The van der Waals surface area contributed by atoms with Gasteiger partial charge in [0.15, 0.2) is 0 Å². The van der Waals surface area contributed by atoms with Gasteiger partial charge >= 0.3 is 5.97 Å². The fourth-order valence-corrected chi connectivity index (χ4v) is 3.24. The number of nitriles is 1. The normalized spacial score (nSPS) is 20.2. The van der Waals surface area contributed by atoms with Crippen molar-refractivity contribution in [2.24, 2.45) is 11.8 Å². The number of esters is 1. The first-order valence-electron chi connectivity index (χ1n) is 8.87. The first-order valence-corrected chi connectivity index (χ1v) is 8.87. The maximum Gasteiger partial charge on any atom is 0.338 e. The smallest absolute Gasteiger partial charge is 0.338 e. The third-order valence-electron chi connectivity index (χ3n) is 4.23. The highest BCUT2D eigenvalue weighted by Crippen LogP contribution is 2.22. The molecule has 6 heteroatoms. The van der Waals surface area contributed by atoms with E-state index < -0.39 is 11.9 Å². The highest BCUT2D eigenvalue weighted by atomic mass is 16.5. The Morgan fingerprint density at radius 1 is 1.27 bits per heavy atom. The number of carbonyl (C=O) groups is 2. The quantitative estimate of drug-likeness (QED) is 0.498. The van der Waals surface area contributed by atoms with E-state index in [4.69, 9.17) is 4.74 Å². The van der Waals surface area contributed by atoms with Gasteiger partial charge in [0.2, 0.25) is 0 Å². The topological polar surface area (TPSA) is 82.4 Å². The molecule has 1 saturated heterocycles. The largest absolute Gasteiger partial charge is 0.462 e. The zero-order chi connectivity index (χ0) is 19.1. The Bertz CT molecular complexity index is 709. The zero-order valence-corrected chi connectivity index (χ0v) is 15.5. The summed E-state index contributed by atoms with van der Waals surface area (Å²) >= 11 is 0. The Balaban J connectivity index is 2.04. The number of amides is 1. The Morgan fingerprint density at radius 2 is 1.88 bits per heavy atom. The summed E-state index contributed by atoms with van der Waals surface area (Å²) in [6, 6.07) is 8.37. The van der Waals surface area contributed by atoms with Crippen LogP contribution in [0.1, 0.15) is 37.6 Å². The second-order valence-corrected chi connectivity index (χ2v) is 6.81. The summed E-state index contributed by atoms with van der Waals surface area (Å²) in [5, 5.41) is 12.0. The van der Waals surface area contributed by atoms with Crippen molar-refractivity contribution in [1.82, 2.24) is 4.90 Å². The summed E-state index contributed by atoms with van der Waals surface area (Å²) < 4.78 is 4.92. The number of hydrogen-bond acceptors (Lipinski definition) is 5. The molecule has 0 saturated carbocycles. The van der Waals surface area contributed by atoms with Crippen molar-refractivity contribution in [3.63, 3.8) is 0 Å². The van der Waals surface area contributed by atoms with Crippen LogP contribution in [-0.4, -0.2) is 36.5 Å². The number of piperidine rings is 1. The molecule has 1 aromatic carbocycles. The lowest BCUT2D eigenvalue weighted by atomic mass is 9.92. The van der Waals surface area contributed by atoms with Crippen LogP contribution < -0.4 is 5.32 Å². The van der Waals surface area contributed by atoms with Crippen molar-refractivity contribution in [3.05, 3.63) is 41.6 Å². The highest BCUT2D eigenvalue weighted by molar-refractivity contribution is 6.06. The molecule has 26 heavy (non-hydrogen) atoms. The van der Waals surface area contributed by atoms with E-state index in [0.717, 1.165) is 19.5 Å². The van der Waals surface area contributed by atoms with Crippen LogP contribution in [0.4, 0.5) is 5.69 Å². The maximum absolute atomic E-state index is 12.4. The summed E-state index contributed by atoms with van der Waals surface area (Å²) in [6.07, 6.45) is 2.81. The van der Waals surface area contributed by atoms with Crippen LogP contribution in [0.25, 0.3) is 0 Å². The molecule has 1 amide bonds. The molecule has 2 rings (SSSR count). The number of anilines is 1. The average Bonchev–Trinajstić information content (AvgIpc) is 2.59. The lowest BCUT2D eigenvalue weighted by Gasteiger charge is -2.34. The number of ether oxygens (including phenoxy) is 1. The van der Waals surface area contributed by atoms with Crippen molar-refractivity contribution in [1.29, 1.82) is 5.26 Å². The Labute approximate surface area is 154 Å². The number of nitrogens with one attached hydrogen (secondary N) is 1. The molecular formula is C20H25N3O3. The van der Waals surface area contributed by atoms with Crippen LogP contribution in [0.3, 0.4) is 0 Å². The molecule has 0 radical (unpaired) electrons. The number of benzene rings is 1. The number of hydrogen-bond donors (Lipinski definition) is 1. The number of carbonyl (C=O) groups excluding carboxylic acids is 2. The predicted molar refractivity (Wildman–Crippen MR) is 99.2 cm³/mol. The third kappa shape index (κ3) is 5.35. The molecule has 138 valence electrons. The molecule has 1 aromatic rings. The minimum absolute atomic E-state index is 0.0702. The van der Waals surface area contributed by atoms with Crippen LogP contribution in [0, 0.1) is 23.2 Å². The summed E-state index contributed by atoms with van der Waals surface area (Å²) in [7, 11) is 0. The van der Waals surface area contributed by atoms with Gasteiger partial charge in [0.05, 0.1) is 12.2 Å². The summed E-state index contributed by atoms with van der Waals surface area (Å²) in [5.74, 6) is 0.209. The van der Waals surface area contributed by atoms with Gasteiger partial charge in [-0.25, -0.2) is 4.79 Å². The summed E-state index contributed by atoms with van der Waals surface area (Å²) in [4.78, 5) is 26.1. The lowest BCUT2D eigenvalue weighted by molar-refractivity contribution is -0.112. The van der Waals surface area contributed by atoms with E-state index in [1.807, 2.05) is 11.0 Å². The molecule has 1 aliphatic heterocycles. The Kier molecular flexibility index (Phi) is 6.79. The van der Waals surface area contributed by atoms with Gasteiger partial charge in [-0.3, -0.25) is 4.79 Å². The van der Waals surface area contributed by atoms with Gasteiger partial charge in [-0.05, 0) is 49.4 Å². The molecule has 1 N–H and O–H groups in total. The fraction of sp³-hybridized carbons (Fsp3) is 0.450. The summed E-state index contributed by atoms with van der Waals surface area (Å²) in [6.45, 7) is 8.09. The van der Waals surface area contributed by atoms with Crippen molar-refractivity contribution < 1.29 is 14.3 Å². The van der Waals surface area contributed by atoms with Gasteiger partial charge < -0.3 is 15.0 Å². The first-order chi connectivity index (χ1) is 12.4. The molecule has 0 bridgehead atoms. The third-order valence-corrected chi connectivity index (χ3v) is 4.23. The van der Waals surface area contributed by atoms with Gasteiger partial charge in [-0.1, -0.05) is 13.8 Å². The molecule has 6 nitrogen and oxygen atoms in total. The SMILES string of the molecule is CCOC(=O)c1ccc(NC(=O)/C(C#N)=C\N2CC(C)CC(C)C2)cc1. The molecular weight excluding hydrogens is 330 g/mol. The van der Waals surface area contributed by atoms with Crippen LogP contribution in [0.5, 0.6) is 0 Å². The molecule has 0 aliphatic carbocycles. The highest BCUT2D eigenvalue weighted by Gasteiger charge is 2.21. The van der Waals surface area contributed by atoms with E-state index in [1.54, 1.807) is 37.4 Å². The van der Waals surface area contributed by atoms with Gasteiger partial charge in [0.25, 0.3) is 5.91 Å². The lowest BCUT2D eigenvalue weighted by Crippen LogP contribution is -2.35. The maximum atomic E-state index is 12.4. The van der Waals surface area contributed by atoms with E-state index in [9.17, 15) is 14.9 Å². The number of nitrogens with zero attached hydrogens (tertiary/aromatic N) is 2. The van der Waals surface area contributed by atoms with Crippen molar-refractivity contribution >= 4 is 17.6 Å². The van der Waals surface area contributed by atoms with E-state index in [0.29, 0.717) is 29.7 Å². The van der Waals surface area contributed by atoms with Crippen molar-refractivity contribution in [2.75, 3.05) is 25.0 Å². The summed E-state index contributed by atoms with van der Waals surface area (Å²) in [5.41, 5.74) is 1.00. The van der Waals surface area contributed by atoms with E-state index >= 15 is 0 Å². The van der Waals surface area contributed by atoms with Crippen LogP contribution in [-0.2, 0) is 9.53 Å². The molecule has 0 spiro atoms. The van der Waals surface area contributed by atoms with Crippen molar-refractivity contribution in [2.45, 2.75) is 27.2 Å². The van der Waals surface area contributed by atoms with Crippen LogP contribution in [0.2, 0.25) is 0 Å². The van der Waals surface area contributed by atoms with Crippen LogP contribution >= 0.6 is 0 Å². The monoisotopic (exact) mass is 355 g/mol. The molecule has 0 aromatic heterocycles. The van der Waals surface area contributed by atoms with Gasteiger partial charge in [0, 0.05) is 25.0 Å². The van der Waals surface area contributed by atoms with Crippen molar-refractivity contribution in [3.8, 4) is 6.07 Å². The second kappa shape index (κ2) is 9.04. The second-order valence-electron chi connectivity index (χ2n) is 6.81. The molecule has 1 aliphatic rings. The predicted octanol–water partition coefficient (Wildman–Crippen LogP) is 3.19. The minimum Gasteiger partial charge on any atom is -0.462 e. The van der Waals surface area contributed by atoms with Crippen LogP contribution in [0.15, 0.2) is 36.0 Å². The molecule has 2 atom stereocenters. The molecule has 2 unspecified atom stereocenters. The minimum atomic E-state index is -0.456. The fourth-order valence-electron chi connectivity index (χ4n) is 3.24. The zero-order valence-electron chi connectivity index (χ0n) is 15.5. The molecule has 1 heterocycles. The Hall–Kier alpha value is -2.81. The average molecular weight is 355 g/mol. The first kappa shape index (κ1) is 19.5.